The van der Waals surface area contributed by atoms with E-state index in [2.05, 4.69) is 40.1 Å². The molecule has 5 nitrogen and oxygen atoms in total. The third-order valence-corrected chi connectivity index (χ3v) is 4.65. The molecule has 0 aliphatic carbocycles. The van der Waals surface area contributed by atoms with Gasteiger partial charge in [-0.1, -0.05) is 13.0 Å². The minimum absolute atomic E-state index is 0. The third kappa shape index (κ3) is 6.10. The molecule has 2 heterocycles. The van der Waals surface area contributed by atoms with Crippen LogP contribution >= 0.6 is 35.3 Å². The lowest BCUT2D eigenvalue weighted by Gasteiger charge is -2.20. The van der Waals surface area contributed by atoms with E-state index >= 15 is 0 Å². The molecule has 0 aromatic carbocycles. The maximum absolute atomic E-state index is 10.5. The normalized spacial score (nSPS) is 15.2. The Hall–Kier alpha value is -1.06. The first-order valence-electron chi connectivity index (χ1n) is 7.85. The highest BCUT2D eigenvalue weighted by Gasteiger charge is 2.26. The molecule has 24 heavy (non-hydrogen) atoms. The Kier molecular flexibility index (Phi) is 8.79. The van der Waals surface area contributed by atoms with Crippen molar-refractivity contribution in [3.8, 4) is 0 Å². The SMILES string of the molecule is CCNC(=NCC(C)(O)c1ccco1)NCC(C)c1cccs1.I. The van der Waals surface area contributed by atoms with Crippen LogP contribution in [0.15, 0.2) is 45.3 Å². The Morgan fingerprint density at radius 3 is 2.75 bits per heavy atom. The number of aliphatic hydroxyl groups is 1. The van der Waals surface area contributed by atoms with Crippen molar-refractivity contribution < 1.29 is 9.52 Å². The Morgan fingerprint density at radius 1 is 1.38 bits per heavy atom. The number of rotatable bonds is 7. The number of nitrogens with zero attached hydrogens (tertiary/aromatic N) is 1. The van der Waals surface area contributed by atoms with Gasteiger partial charge in [0.15, 0.2) is 5.96 Å². The molecule has 0 amide bonds. The minimum atomic E-state index is -1.12. The van der Waals surface area contributed by atoms with Crippen LogP contribution in [-0.2, 0) is 5.60 Å². The summed E-state index contributed by atoms with van der Waals surface area (Å²) in [5.41, 5.74) is -1.12. The van der Waals surface area contributed by atoms with Gasteiger partial charge in [0.25, 0.3) is 0 Å². The van der Waals surface area contributed by atoms with Crippen LogP contribution in [0.5, 0.6) is 0 Å². The summed E-state index contributed by atoms with van der Waals surface area (Å²) in [6.07, 6.45) is 1.56. The van der Waals surface area contributed by atoms with Crippen LogP contribution in [0.25, 0.3) is 0 Å². The second kappa shape index (κ2) is 10.0. The summed E-state index contributed by atoms with van der Waals surface area (Å²) in [7, 11) is 0. The summed E-state index contributed by atoms with van der Waals surface area (Å²) in [5, 5.41) is 19.1. The smallest absolute Gasteiger partial charge is 0.191 e. The van der Waals surface area contributed by atoms with E-state index in [9.17, 15) is 5.11 Å². The van der Waals surface area contributed by atoms with Gasteiger partial charge >= 0.3 is 0 Å². The predicted octanol–water partition coefficient (Wildman–Crippen LogP) is 3.53. The molecule has 134 valence electrons. The first kappa shape index (κ1) is 21.0. The molecule has 0 saturated heterocycles. The fourth-order valence-corrected chi connectivity index (χ4v) is 2.95. The van der Waals surface area contributed by atoms with Gasteiger partial charge in [-0.25, -0.2) is 4.99 Å². The molecule has 0 fully saturated rings. The quantitative estimate of drug-likeness (QED) is 0.334. The van der Waals surface area contributed by atoms with E-state index in [0.29, 0.717) is 17.6 Å². The average Bonchev–Trinajstić information content (AvgIpc) is 3.23. The summed E-state index contributed by atoms with van der Waals surface area (Å²) >= 11 is 1.76. The zero-order valence-electron chi connectivity index (χ0n) is 14.3. The lowest BCUT2D eigenvalue weighted by Crippen LogP contribution is -2.40. The van der Waals surface area contributed by atoms with Crippen LogP contribution in [0.3, 0.4) is 0 Å². The van der Waals surface area contributed by atoms with Crippen LogP contribution in [0, 0.1) is 0 Å². The predicted molar refractivity (Wildman–Crippen MR) is 110 cm³/mol. The molecule has 0 saturated carbocycles. The molecule has 2 rings (SSSR count). The number of furan rings is 1. The van der Waals surface area contributed by atoms with Crippen molar-refractivity contribution in [2.24, 2.45) is 4.99 Å². The van der Waals surface area contributed by atoms with Gasteiger partial charge in [0.2, 0.25) is 0 Å². The largest absolute Gasteiger partial charge is 0.466 e. The second-order valence-electron chi connectivity index (χ2n) is 5.74. The van der Waals surface area contributed by atoms with E-state index in [0.717, 1.165) is 13.1 Å². The molecule has 2 unspecified atom stereocenters. The minimum Gasteiger partial charge on any atom is -0.466 e. The van der Waals surface area contributed by atoms with Gasteiger partial charge in [0.1, 0.15) is 11.4 Å². The van der Waals surface area contributed by atoms with Crippen molar-refractivity contribution in [3.63, 3.8) is 0 Å². The maximum Gasteiger partial charge on any atom is 0.191 e. The van der Waals surface area contributed by atoms with Gasteiger partial charge in [-0.15, -0.1) is 35.3 Å². The maximum atomic E-state index is 10.5. The molecule has 3 N–H and O–H groups in total. The number of hydrogen-bond donors (Lipinski definition) is 3. The van der Waals surface area contributed by atoms with Crippen molar-refractivity contribution in [2.75, 3.05) is 19.6 Å². The van der Waals surface area contributed by atoms with Gasteiger partial charge in [0, 0.05) is 23.9 Å². The highest BCUT2D eigenvalue weighted by molar-refractivity contribution is 14.0. The monoisotopic (exact) mass is 463 g/mol. The Morgan fingerprint density at radius 2 is 2.17 bits per heavy atom. The summed E-state index contributed by atoms with van der Waals surface area (Å²) in [6.45, 7) is 7.68. The fourth-order valence-electron chi connectivity index (χ4n) is 2.16. The van der Waals surface area contributed by atoms with Crippen LogP contribution in [0.2, 0.25) is 0 Å². The molecule has 0 radical (unpaired) electrons. The zero-order chi connectivity index (χ0) is 16.7. The van der Waals surface area contributed by atoms with Crippen molar-refractivity contribution in [3.05, 3.63) is 46.5 Å². The molecule has 0 aliphatic heterocycles. The number of aliphatic imine (C=N–C) groups is 1. The van der Waals surface area contributed by atoms with E-state index in [1.807, 2.05) is 6.92 Å². The first-order chi connectivity index (χ1) is 11.0. The van der Waals surface area contributed by atoms with Crippen molar-refractivity contribution in [2.45, 2.75) is 32.3 Å². The lowest BCUT2D eigenvalue weighted by atomic mass is 10.0. The summed E-state index contributed by atoms with van der Waals surface area (Å²) in [6, 6.07) is 7.73. The number of guanidine groups is 1. The van der Waals surface area contributed by atoms with Gasteiger partial charge in [-0.05, 0) is 37.4 Å². The number of thiophene rings is 1. The molecule has 0 spiro atoms. The van der Waals surface area contributed by atoms with Crippen LogP contribution in [-0.4, -0.2) is 30.7 Å². The van der Waals surface area contributed by atoms with Gasteiger partial charge in [-0.2, -0.15) is 0 Å². The third-order valence-electron chi connectivity index (χ3n) is 3.55. The van der Waals surface area contributed by atoms with E-state index < -0.39 is 5.60 Å². The van der Waals surface area contributed by atoms with Crippen molar-refractivity contribution >= 4 is 41.3 Å². The van der Waals surface area contributed by atoms with Gasteiger partial charge in [0.05, 0.1) is 12.8 Å². The summed E-state index contributed by atoms with van der Waals surface area (Å²) in [4.78, 5) is 5.83. The molecular formula is C17H26IN3O2S. The number of nitrogens with one attached hydrogen (secondary N) is 2. The second-order valence-corrected chi connectivity index (χ2v) is 6.72. The zero-order valence-corrected chi connectivity index (χ0v) is 17.4. The molecule has 2 aromatic rings. The van der Waals surface area contributed by atoms with Crippen molar-refractivity contribution in [1.29, 1.82) is 0 Å². The highest BCUT2D eigenvalue weighted by atomic mass is 127. The lowest BCUT2D eigenvalue weighted by molar-refractivity contribution is 0.0437. The average molecular weight is 463 g/mol. The summed E-state index contributed by atoms with van der Waals surface area (Å²) < 4.78 is 5.28. The van der Waals surface area contributed by atoms with E-state index in [-0.39, 0.29) is 30.5 Å². The fraction of sp³-hybridized carbons (Fsp3) is 0.471. The Labute approximate surface area is 164 Å². The van der Waals surface area contributed by atoms with Crippen LogP contribution in [0.1, 0.15) is 37.3 Å². The van der Waals surface area contributed by atoms with Gasteiger partial charge in [-0.3, -0.25) is 0 Å². The molecule has 0 bridgehead atoms. The molecule has 0 aliphatic rings. The molecule has 7 heteroatoms. The molecule has 2 atom stereocenters. The van der Waals surface area contributed by atoms with E-state index in [1.165, 1.54) is 4.88 Å². The van der Waals surface area contributed by atoms with Crippen LogP contribution in [0.4, 0.5) is 0 Å². The number of hydrogen-bond acceptors (Lipinski definition) is 4. The first-order valence-corrected chi connectivity index (χ1v) is 8.73. The van der Waals surface area contributed by atoms with E-state index in [4.69, 9.17) is 4.42 Å². The standard InChI is InChI=1S/C17H25N3O2S.HI/c1-4-18-16(19-11-13(2)14-7-6-10-23-14)20-12-17(3,21)15-8-5-9-22-15;/h5-10,13,21H,4,11-12H2,1-3H3,(H2,18,19,20);1H. The highest BCUT2D eigenvalue weighted by Crippen LogP contribution is 2.21. The van der Waals surface area contributed by atoms with Gasteiger partial charge < -0.3 is 20.2 Å². The molecular weight excluding hydrogens is 437 g/mol. The Balaban J connectivity index is 0.00000288. The molecule has 2 aromatic heterocycles. The number of halogens is 1. The topological polar surface area (TPSA) is 69.8 Å². The van der Waals surface area contributed by atoms with E-state index in [1.54, 1.807) is 36.7 Å². The Bertz CT molecular complexity index is 597. The summed E-state index contributed by atoms with van der Waals surface area (Å²) in [5.74, 6) is 1.62. The van der Waals surface area contributed by atoms with Crippen LogP contribution < -0.4 is 10.6 Å². The van der Waals surface area contributed by atoms with Crippen molar-refractivity contribution in [1.82, 2.24) is 10.6 Å².